The lowest BCUT2D eigenvalue weighted by Crippen LogP contribution is -2.32. The van der Waals surface area contributed by atoms with Gasteiger partial charge in [0, 0.05) is 16.5 Å². The average molecular weight is 256 g/mol. The van der Waals surface area contributed by atoms with Crippen LogP contribution in [-0.4, -0.2) is 16.8 Å². The van der Waals surface area contributed by atoms with E-state index in [9.17, 15) is 0 Å². The van der Waals surface area contributed by atoms with Gasteiger partial charge >= 0.3 is 0 Å². The molecule has 0 atom stereocenters. The topological polar surface area (TPSA) is 27.1 Å². The van der Waals surface area contributed by atoms with E-state index in [1.807, 2.05) is 30.3 Å². The van der Waals surface area contributed by atoms with Crippen LogP contribution in [0.5, 0.6) is 0 Å². The molecule has 3 rings (SSSR count). The first-order chi connectivity index (χ1) is 8.84. The molecule has 0 amide bonds. The third kappa shape index (κ3) is 2.46. The number of rotatable bonds is 4. The number of benzene rings is 1. The zero-order valence-electron chi connectivity index (χ0n) is 10.2. The maximum atomic E-state index is 8.39. The van der Waals surface area contributed by atoms with Gasteiger partial charge in [-0.3, -0.25) is 5.41 Å². The highest BCUT2D eigenvalue weighted by atomic mass is 32.1. The number of nitrogens with one attached hydrogen (secondary N) is 1. The number of amidine groups is 1. The summed E-state index contributed by atoms with van der Waals surface area (Å²) in [6, 6.07) is 14.8. The fraction of sp³-hybridized carbons (Fsp3) is 0.267. The fourth-order valence-corrected chi connectivity index (χ4v) is 2.81. The summed E-state index contributed by atoms with van der Waals surface area (Å²) in [5, 5.41) is 10.5. The molecule has 92 valence electrons. The molecule has 1 fully saturated rings. The Bertz CT molecular complexity index is 515. The zero-order chi connectivity index (χ0) is 12.4. The summed E-state index contributed by atoms with van der Waals surface area (Å²) in [5.41, 5.74) is 1.01. The molecule has 1 saturated carbocycles. The molecule has 1 aromatic heterocycles. The smallest absolute Gasteiger partial charge is 0.128 e. The highest BCUT2D eigenvalue weighted by Crippen LogP contribution is 2.30. The number of hydrogen-bond acceptors (Lipinski definition) is 2. The van der Waals surface area contributed by atoms with Crippen LogP contribution >= 0.6 is 11.3 Å². The predicted octanol–water partition coefficient (Wildman–Crippen LogP) is 3.74. The van der Waals surface area contributed by atoms with E-state index >= 15 is 0 Å². The normalized spacial score (nSPS) is 14.4. The van der Waals surface area contributed by atoms with Crippen molar-refractivity contribution in [3.63, 3.8) is 0 Å². The van der Waals surface area contributed by atoms with E-state index in [2.05, 4.69) is 22.4 Å². The average Bonchev–Trinajstić information content (AvgIpc) is 3.13. The van der Waals surface area contributed by atoms with Crippen LogP contribution in [-0.2, 0) is 6.54 Å². The molecule has 1 aliphatic carbocycles. The van der Waals surface area contributed by atoms with Crippen LogP contribution in [0.25, 0.3) is 0 Å². The van der Waals surface area contributed by atoms with Crippen LogP contribution in [0.15, 0.2) is 47.8 Å². The molecular formula is C15H16N2S. The van der Waals surface area contributed by atoms with E-state index in [4.69, 9.17) is 5.41 Å². The van der Waals surface area contributed by atoms with Gasteiger partial charge in [0.05, 0.1) is 6.54 Å². The zero-order valence-corrected chi connectivity index (χ0v) is 11.0. The quantitative estimate of drug-likeness (QED) is 0.655. The Morgan fingerprint density at radius 1 is 1.17 bits per heavy atom. The van der Waals surface area contributed by atoms with Gasteiger partial charge in [0.15, 0.2) is 0 Å². The summed E-state index contributed by atoms with van der Waals surface area (Å²) in [4.78, 5) is 3.57. The predicted molar refractivity (Wildman–Crippen MR) is 76.2 cm³/mol. The first-order valence-electron chi connectivity index (χ1n) is 6.27. The monoisotopic (exact) mass is 256 g/mol. The van der Waals surface area contributed by atoms with Crippen molar-refractivity contribution in [3.8, 4) is 0 Å². The third-order valence-electron chi connectivity index (χ3n) is 3.23. The van der Waals surface area contributed by atoms with Gasteiger partial charge in [-0.15, -0.1) is 11.3 Å². The third-order valence-corrected chi connectivity index (χ3v) is 4.09. The second-order valence-electron chi connectivity index (χ2n) is 4.65. The number of thiophene rings is 1. The van der Waals surface area contributed by atoms with E-state index in [-0.39, 0.29) is 0 Å². The van der Waals surface area contributed by atoms with Gasteiger partial charge in [-0.05, 0) is 24.3 Å². The first-order valence-corrected chi connectivity index (χ1v) is 7.15. The molecule has 0 aliphatic heterocycles. The summed E-state index contributed by atoms with van der Waals surface area (Å²) in [6.07, 6.45) is 2.45. The lowest BCUT2D eigenvalue weighted by molar-refractivity contribution is 0.405. The summed E-state index contributed by atoms with van der Waals surface area (Å²) < 4.78 is 0. The molecule has 1 aromatic carbocycles. The van der Waals surface area contributed by atoms with Crippen molar-refractivity contribution in [2.24, 2.45) is 0 Å². The largest absolute Gasteiger partial charge is 0.348 e. The van der Waals surface area contributed by atoms with Crippen LogP contribution in [0.4, 0.5) is 0 Å². The molecule has 0 bridgehead atoms. The Labute approximate surface area is 111 Å². The second kappa shape index (κ2) is 4.94. The lowest BCUT2D eigenvalue weighted by atomic mass is 10.2. The lowest BCUT2D eigenvalue weighted by Gasteiger charge is -2.24. The van der Waals surface area contributed by atoms with E-state index in [0.717, 1.165) is 12.1 Å². The molecule has 3 heteroatoms. The van der Waals surface area contributed by atoms with Crippen molar-refractivity contribution in [2.75, 3.05) is 0 Å². The Balaban J connectivity index is 1.80. The van der Waals surface area contributed by atoms with Crippen molar-refractivity contribution in [2.45, 2.75) is 25.4 Å². The molecular weight excluding hydrogens is 240 g/mol. The summed E-state index contributed by atoms with van der Waals surface area (Å²) in [5.74, 6) is 0.659. The summed E-state index contributed by atoms with van der Waals surface area (Å²) >= 11 is 1.77. The highest BCUT2D eigenvalue weighted by Gasteiger charge is 2.31. The maximum Gasteiger partial charge on any atom is 0.128 e. The SMILES string of the molecule is N=C(c1ccccc1)N(Cc1cccs1)C1CC1. The van der Waals surface area contributed by atoms with Crippen LogP contribution < -0.4 is 0 Å². The number of nitrogens with zero attached hydrogens (tertiary/aromatic N) is 1. The molecule has 1 aliphatic rings. The Morgan fingerprint density at radius 2 is 1.94 bits per heavy atom. The highest BCUT2D eigenvalue weighted by molar-refractivity contribution is 7.09. The van der Waals surface area contributed by atoms with Gasteiger partial charge in [0.1, 0.15) is 5.84 Å². The second-order valence-corrected chi connectivity index (χ2v) is 5.69. The fourth-order valence-electron chi connectivity index (χ4n) is 2.11. The van der Waals surface area contributed by atoms with Gasteiger partial charge in [-0.2, -0.15) is 0 Å². The Morgan fingerprint density at radius 3 is 2.56 bits per heavy atom. The molecule has 0 spiro atoms. The molecule has 0 saturated heterocycles. The van der Waals surface area contributed by atoms with Crippen LogP contribution in [0.2, 0.25) is 0 Å². The van der Waals surface area contributed by atoms with Crippen molar-refractivity contribution < 1.29 is 0 Å². The minimum absolute atomic E-state index is 0.569. The van der Waals surface area contributed by atoms with Crippen LogP contribution in [0.3, 0.4) is 0 Å². The van der Waals surface area contributed by atoms with Gasteiger partial charge in [-0.1, -0.05) is 36.4 Å². The molecule has 2 aromatic rings. The van der Waals surface area contributed by atoms with Gasteiger partial charge in [0.25, 0.3) is 0 Å². The molecule has 0 unspecified atom stereocenters. The van der Waals surface area contributed by atoms with Crippen molar-refractivity contribution in [1.82, 2.24) is 4.90 Å². The molecule has 0 radical (unpaired) electrons. The Hall–Kier alpha value is -1.61. The van der Waals surface area contributed by atoms with Crippen molar-refractivity contribution in [1.29, 1.82) is 5.41 Å². The Kier molecular flexibility index (Phi) is 3.15. The van der Waals surface area contributed by atoms with Gasteiger partial charge in [0.2, 0.25) is 0 Å². The van der Waals surface area contributed by atoms with Crippen molar-refractivity contribution in [3.05, 3.63) is 58.3 Å². The van der Waals surface area contributed by atoms with E-state index in [1.165, 1.54) is 17.7 Å². The summed E-state index contributed by atoms with van der Waals surface area (Å²) in [6.45, 7) is 0.871. The maximum absolute atomic E-state index is 8.39. The van der Waals surface area contributed by atoms with Crippen LogP contribution in [0.1, 0.15) is 23.3 Å². The minimum atomic E-state index is 0.569. The summed E-state index contributed by atoms with van der Waals surface area (Å²) in [7, 11) is 0. The molecule has 2 nitrogen and oxygen atoms in total. The van der Waals surface area contributed by atoms with E-state index < -0.39 is 0 Å². The standard InChI is InChI=1S/C15H16N2S/c16-15(12-5-2-1-3-6-12)17(13-8-9-13)11-14-7-4-10-18-14/h1-7,10,13,16H,8-9,11H2. The van der Waals surface area contributed by atoms with E-state index in [1.54, 1.807) is 11.3 Å². The minimum Gasteiger partial charge on any atom is -0.348 e. The van der Waals surface area contributed by atoms with Crippen molar-refractivity contribution >= 4 is 17.2 Å². The molecule has 1 N–H and O–H groups in total. The van der Waals surface area contributed by atoms with E-state index in [0.29, 0.717) is 11.9 Å². The van der Waals surface area contributed by atoms with Gasteiger partial charge in [-0.25, -0.2) is 0 Å². The first kappa shape index (κ1) is 11.5. The number of hydrogen-bond donors (Lipinski definition) is 1. The molecule has 1 heterocycles. The van der Waals surface area contributed by atoms with Gasteiger partial charge < -0.3 is 4.90 Å². The van der Waals surface area contributed by atoms with Crippen LogP contribution in [0, 0.1) is 5.41 Å². The molecule has 18 heavy (non-hydrogen) atoms.